The summed E-state index contributed by atoms with van der Waals surface area (Å²) in [6.07, 6.45) is 4.29. The molecule has 4 rings (SSSR count). The maximum atomic E-state index is 13.8. The molecule has 0 atom stereocenters. The minimum atomic E-state index is -1.13. The number of nitrogens with one attached hydrogen (secondary N) is 1. The smallest absolute Gasteiger partial charge is 0.251 e. The summed E-state index contributed by atoms with van der Waals surface area (Å²) in [5.74, 6) is 1.40. The van der Waals surface area contributed by atoms with Crippen molar-refractivity contribution in [3.05, 3.63) is 54.1 Å². The van der Waals surface area contributed by atoms with E-state index in [4.69, 9.17) is 4.74 Å². The molecule has 1 N–H and O–H groups in total. The molecule has 1 saturated heterocycles. The molecule has 0 unspecified atom stereocenters. The Balaban J connectivity index is 1.24. The Morgan fingerprint density at radius 3 is 2.13 bits per heavy atom. The minimum Gasteiger partial charge on any atom is -0.493 e. The molecule has 1 heterocycles. The molecule has 2 aliphatic rings. The molecule has 5 heteroatoms. The van der Waals surface area contributed by atoms with Gasteiger partial charge in [0.05, 0.1) is 6.61 Å². The van der Waals surface area contributed by atoms with Gasteiger partial charge in [-0.05, 0) is 93.9 Å². The molecule has 4 nitrogen and oxygen atoms in total. The van der Waals surface area contributed by atoms with E-state index in [1.807, 2.05) is 36.4 Å². The van der Waals surface area contributed by atoms with Crippen LogP contribution < -0.4 is 10.1 Å². The Morgan fingerprint density at radius 1 is 1.00 bits per heavy atom. The Hall–Kier alpha value is -2.40. The molecule has 1 amide bonds. The quantitative estimate of drug-likeness (QED) is 0.642. The molecule has 0 spiro atoms. The predicted molar refractivity (Wildman–Crippen MR) is 122 cm³/mol. The third kappa shape index (κ3) is 6.54. The van der Waals surface area contributed by atoms with Crippen LogP contribution in [0.2, 0.25) is 0 Å². The first kappa shape index (κ1) is 21.8. The largest absolute Gasteiger partial charge is 0.493 e. The van der Waals surface area contributed by atoms with Crippen LogP contribution in [-0.2, 0) is 0 Å². The van der Waals surface area contributed by atoms with Gasteiger partial charge in [-0.25, -0.2) is 4.39 Å². The summed E-state index contributed by atoms with van der Waals surface area (Å²) < 4.78 is 19.8. The molecule has 2 aromatic carbocycles. The van der Waals surface area contributed by atoms with Crippen LogP contribution >= 0.6 is 0 Å². The van der Waals surface area contributed by atoms with E-state index in [-0.39, 0.29) is 5.91 Å². The van der Waals surface area contributed by atoms with Crippen molar-refractivity contribution in [2.24, 2.45) is 5.92 Å². The molecule has 1 saturated carbocycles. The second-order valence-corrected chi connectivity index (χ2v) is 9.60. The Bertz CT molecular complexity index is 862. The molecule has 2 fully saturated rings. The van der Waals surface area contributed by atoms with Gasteiger partial charge in [-0.2, -0.15) is 0 Å². The van der Waals surface area contributed by atoms with Crippen LogP contribution in [0.5, 0.6) is 5.75 Å². The summed E-state index contributed by atoms with van der Waals surface area (Å²) in [4.78, 5) is 14.3. The lowest BCUT2D eigenvalue weighted by Gasteiger charge is -2.34. The molecule has 31 heavy (non-hydrogen) atoms. The van der Waals surface area contributed by atoms with Gasteiger partial charge in [-0.3, -0.25) is 4.79 Å². The molecule has 0 radical (unpaired) electrons. The predicted octanol–water partition coefficient (Wildman–Crippen LogP) is 5.08. The van der Waals surface area contributed by atoms with Gasteiger partial charge >= 0.3 is 0 Å². The number of hydrogen-bond acceptors (Lipinski definition) is 3. The van der Waals surface area contributed by atoms with Crippen LogP contribution in [0.1, 0.15) is 49.9 Å². The zero-order valence-electron chi connectivity index (χ0n) is 18.6. The third-order valence-electron chi connectivity index (χ3n) is 6.04. The van der Waals surface area contributed by atoms with Crippen LogP contribution in [0.15, 0.2) is 48.5 Å². The van der Waals surface area contributed by atoms with Gasteiger partial charge in [-0.15, -0.1) is 0 Å². The van der Waals surface area contributed by atoms with Crippen LogP contribution in [-0.4, -0.2) is 48.8 Å². The highest BCUT2D eigenvalue weighted by Crippen LogP contribution is 2.25. The standard InChI is InChI=1S/C26H33FN2O2/c1-26(2,27)18-29-15-13-19(14-16-29)17-31-24-11-7-21(8-12-24)20-3-5-22(6-4-20)25(30)28-23-9-10-23/h3-8,11-12,19,23H,9-10,13-18H2,1-2H3,(H,28,30). The van der Waals surface area contributed by atoms with Crippen molar-refractivity contribution < 1.29 is 13.9 Å². The average Bonchev–Trinajstić information content (AvgIpc) is 3.57. The fourth-order valence-electron chi connectivity index (χ4n) is 4.11. The second kappa shape index (κ2) is 9.39. The number of hydrogen-bond donors (Lipinski definition) is 1. The number of alkyl halides is 1. The molecule has 0 aromatic heterocycles. The van der Waals surface area contributed by atoms with E-state index in [9.17, 15) is 9.18 Å². The van der Waals surface area contributed by atoms with Crippen LogP contribution in [0, 0.1) is 5.92 Å². The van der Waals surface area contributed by atoms with Crippen LogP contribution in [0.3, 0.4) is 0 Å². The Kier molecular flexibility index (Phi) is 6.61. The SMILES string of the molecule is CC(C)(F)CN1CCC(COc2ccc(-c3ccc(C(=O)NC4CC4)cc3)cc2)CC1. The van der Waals surface area contributed by atoms with Crippen molar-refractivity contribution in [2.75, 3.05) is 26.2 Å². The summed E-state index contributed by atoms with van der Waals surface area (Å²) in [5.41, 5.74) is 1.76. The van der Waals surface area contributed by atoms with Gasteiger partial charge < -0.3 is 15.0 Å². The van der Waals surface area contributed by atoms with Gasteiger partial charge in [-0.1, -0.05) is 24.3 Å². The molecule has 1 aliphatic heterocycles. The van der Waals surface area contributed by atoms with E-state index in [2.05, 4.69) is 22.3 Å². The number of likely N-dealkylation sites (tertiary alicyclic amines) is 1. The summed E-state index contributed by atoms with van der Waals surface area (Å²) in [6, 6.07) is 16.2. The van der Waals surface area contributed by atoms with E-state index in [1.165, 1.54) is 0 Å². The van der Waals surface area contributed by atoms with Gasteiger partial charge in [0.2, 0.25) is 0 Å². The number of amides is 1. The second-order valence-electron chi connectivity index (χ2n) is 9.60. The van der Waals surface area contributed by atoms with Crippen molar-refractivity contribution in [3.63, 3.8) is 0 Å². The molecular weight excluding hydrogens is 391 g/mol. The molecular formula is C26H33FN2O2. The van der Waals surface area contributed by atoms with E-state index in [0.717, 1.165) is 55.6 Å². The number of halogens is 1. The number of rotatable bonds is 8. The summed E-state index contributed by atoms with van der Waals surface area (Å²) in [7, 11) is 0. The summed E-state index contributed by atoms with van der Waals surface area (Å²) in [5, 5.41) is 3.02. The lowest BCUT2D eigenvalue weighted by atomic mass is 9.97. The Morgan fingerprint density at radius 2 is 1.58 bits per heavy atom. The van der Waals surface area contributed by atoms with E-state index >= 15 is 0 Å². The van der Waals surface area contributed by atoms with Crippen molar-refractivity contribution in [3.8, 4) is 16.9 Å². The van der Waals surface area contributed by atoms with Gasteiger partial charge in [0, 0.05) is 18.2 Å². The minimum absolute atomic E-state index is 0.0111. The first-order valence-electron chi connectivity index (χ1n) is 11.4. The average molecular weight is 425 g/mol. The number of ether oxygens (including phenoxy) is 1. The van der Waals surface area contributed by atoms with Crippen molar-refractivity contribution in [2.45, 2.75) is 51.2 Å². The first-order valence-corrected chi connectivity index (χ1v) is 11.4. The lowest BCUT2D eigenvalue weighted by molar-refractivity contribution is 0.0836. The molecule has 0 bridgehead atoms. The van der Waals surface area contributed by atoms with E-state index in [0.29, 0.717) is 30.7 Å². The lowest BCUT2D eigenvalue weighted by Crippen LogP contribution is -2.41. The highest BCUT2D eigenvalue weighted by Gasteiger charge is 2.25. The summed E-state index contributed by atoms with van der Waals surface area (Å²) in [6.45, 7) is 6.38. The van der Waals surface area contributed by atoms with E-state index < -0.39 is 5.67 Å². The third-order valence-corrected chi connectivity index (χ3v) is 6.04. The fraction of sp³-hybridized carbons (Fsp3) is 0.500. The van der Waals surface area contributed by atoms with Gasteiger partial charge in [0.15, 0.2) is 0 Å². The number of carbonyl (C=O) groups is 1. The highest BCUT2D eigenvalue weighted by molar-refractivity contribution is 5.95. The molecule has 1 aliphatic carbocycles. The van der Waals surface area contributed by atoms with Gasteiger partial charge in [0.25, 0.3) is 5.91 Å². The number of carbonyl (C=O) groups excluding carboxylic acids is 1. The van der Waals surface area contributed by atoms with Crippen LogP contribution in [0.25, 0.3) is 11.1 Å². The normalized spacial score (nSPS) is 18.0. The maximum absolute atomic E-state index is 13.8. The zero-order chi connectivity index (χ0) is 21.8. The monoisotopic (exact) mass is 424 g/mol. The topological polar surface area (TPSA) is 41.6 Å². The van der Waals surface area contributed by atoms with Gasteiger partial charge in [0.1, 0.15) is 11.4 Å². The maximum Gasteiger partial charge on any atom is 0.251 e. The Labute approximate surface area is 184 Å². The number of benzene rings is 2. The van der Waals surface area contributed by atoms with E-state index in [1.54, 1.807) is 13.8 Å². The molecule has 166 valence electrons. The van der Waals surface area contributed by atoms with Crippen molar-refractivity contribution in [1.29, 1.82) is 0 Å². The first-order chi connectivity index (χ1) is 14.9. The fourth-order valence-corrected chi connectivity index (χ4v) is 4.11. The van der Waals surface area contributed by atoms with Crippen molar-refractivity contribution >= 4 is 5.91 Å². The molecule has 2 aromatic rings. The van der Waals surface area contributed by atoms with Crippen molar-refractivity contribution in [1.82, 2.24) is 10.2 Å². The number of nitrogens with zero attached hydrogens (tertiary/aromatic N) is 1. The highest BCUT2D eigenvalue weighted by atomic mass is 19.1. The number of piperidine rings is 1. The van der Waals surface area contributed by atoms with Crippen LogP contribution in [0.4, 0.5) is 4.39 Å². The summed E-state index contributed by atoms with van der Waals surface area (Å²) >= 11 is 0. The zero-order valence-corrected chi connectivity index (χ0v) is 18.6.